The van der Waals surface area contributed by atoms with Gasteiger partial charge in [0.2, 0.25) is 0 Å². The average Bonchev–Trinajstić information content (AvgIpc) is 2.34. The molecule has 0 saturated carbocycles. The zero-order valence-corrected chi connectivity index (χ0v) is 10.0. The molecule has 2 aromatic rings. The largest absolute Gasteiger partial charge is 0.768 e. The lowest BCUT2D eigenvalue weighted by Gasteiger charge is -2.09. The topological polar surface area (TPSA) is 95.6 Å². The highest BCUT2D eigenvalue weighted by Gasteiger charge is 2.01. The van der Waals surface area contributed by atoms with E-state index in [1.807, 2.05) is 0 Å². The van der Waals surface area contributed by atoms with Crippen molar-refractivity contribution in [1.29, 1.82) is 0 Å². The Hall–Kier alpha value is -2.05. The summed E-state index contributed by atoms with van der Waals surface area (Å²) < 4.78 is 26.8. The molecule has 94 valence electrons. The molecule has 0 aliphatic carbocycles. The quantitative estimate of drug-likeness (QED) is 0.502. The summed E-state index contributed by atoms with van der Waals surface area (Å²) in [7, 11) is 0. The molecule has 0 spiro atoms. The number of anilines is 1. The first-order valence-corrected chi connectivity index (χ1v) is 6.09. The molecule has 0 aliphatic heterocycles. The Labute approximate surface area is 106 Å². The van der Waals surface area contributed by atoms with Crippen LogP contribution in [0.3, 0.4) is 0 Å². The highest BCUT2D eigenvalue weighted by atomic mass is 32.2. The molecule has 0 fully saturated rings. The average molecular weight is 264 g/mol. The molecule has 18 heavy (non-hydrogen) atoms. The van der Waals surface area contributed by atoms with Gasteiger partial charge in [0, 0.05) is 11.0 Å². The van der Waals surface area contributed by atoms with E-state index < -0.39 is 11.1 Å². The Bertz CT molecular complexity index is 583. The zero-order chi connectivity index (χ0) is 13.1. The van der Waals surface area contributed by atoms with E-state index in [9.17, 15) is 13.9 Å². The van der Waals surface area contributed by atoms with Crippen molar-refractivity contribution in [2.45, 2.75) is 4.90 Å². The van der Waals surface area contributed by atoms with Crippen LogP contribution in [0.5, 0.6) is 17.2 Å². The number of phenols is 1. The van der Waals surface area contributed by atoms with Crippen molar-refractivity contribution in [3.63, 3.8) is 0 Å². The third-order valence-corrected chi connectivity index (χ3v) is 2.91. The first kappa shape index (κ1) is 12.4. The second-order valence-corrected chi connectivity index (χ2v) is 4.47. The molecule has 0 bridgehead atoms. The monoisotopic (exact) mass is 264 g/mol. The molecular formula is C12H10NO4S-. The molecule has 5 nitrogen and oxygen atoms in total. The smallest absolute Gasteiger partial charge is 0.138 e. The highest BCUT2D eigenvalue weighted by molar-refractivity contribution is 7.79. The van der Waals surface area contributed by atoms with Crippen LogP contribution in [0.1, 0.15) is 0 Å². The normalized spacial score (nSPS) is 12.1. The van der Waals surface area contributed by atoms with Gasteiger partial charge in [-0.2, -0.15) is 0 Å². The first-order valence-electron chi connectivity index (χ1n) is 5.02. The van der Waals surface area contributed by atoms with Crippen molar-refractivity contribution >= 4 is 16.8 Å². The van der Waals surface area contributed by atoms with E-state index in [1.165, 1.54) is 36.4 Å². The Morgan fingerprint density at radius 3 is 2.28 bits per heavy atom. The lowest BCUT2D eigenvalue weighted by Crippen LogP contribution is -1.90. The number of phenolic OH excluding ortho intramolecular Hbond substituents is 1. The minimum Gasteiger partial charge on any atom is -0.768 e. The summed E-state index contributed by atoms with van der Waals surface area (Å²) in [6, 6.07) is 10.4. The number of benzene rings is 2. The van der Waals surface area contributed by atoms with Gasteiger partial charge in [-0.05, 0) is 47.5 Å². The minimum atomic E-state index is -2.25. The maximum absolute atomic E-state index is 10.7. The van der Waals surface area contributed by atoms with E-state index in [1.54, 1.807) is 6.07 Å². The predicted molar refractivity (Wildman–Crippen MR) is 66.2 cm³/mol. The maximum Gasteiger partial charge on any atom is 0.138 e. The molecule has 6 heteroatoms. The molecular weight excluding hydrogens is 254 g/mol. The fraction of sp³-hybridized carbons (Fsp3) is 0. The molecule has 1 atom stereocenters. The second kappa shape index (κ2) is 5.07. The van der Waals surface area contributed by atoms with Crippen LogP contribution in [-0.2, 0) is 11.1 Å². The van der Waals surface area contributed by atoms with Gasteiger partial charge in [0.1, 0.15) is 17.2 Å². The van der Waals surface area contributed by atoms with Crippen LogP contribution in [0.2, 0.25) is 0 Å². The molecule has 0 amide bonds. The van der Waals surface area contributed by atoms with E-state index >= 15 is 0 Å². The minimum absolute atomic E-state index is 0.0144. The van der Waals surface area contributed by atoms with Crippen molar-refractivity contribution < 1.29 is 18.6 Å². The third kappa shape index (κ3) is 2.79. The fourth-order valence-corrected chi connectivity index (χ4v) is 1.71. The number of nitrogen functional groups attached to an aromatic ring is 1. The summed E-state index contributed by atoms with van der Waals surface area (Å²) >= 11 is -2.25. The number of ether oxygens (including phenoxy) is 1. The number of aromatic hydroxyl groups is 1. The van der Waals surface area contributed by atoms with Crippen LogP contribution in [-0.4, -0.2) is 13.9 Å². The Kier molecular flexibility index (Phi) is 3.50. The number of rotatable bonds is 3. The van der Waals surface area contributed by atoms with E-state index in [4.69, 9.17) is 10.5 Å². The molecule has 3 N–H and O–H groups in total. The van der Waals surface area contributed by atoms with Gasteiger partial charge in [-0.25, -0.2) is 0 Å². The van der Waals surface area contributed by atoms with Crippen molar-refractivity contribution in [3.8, 4) is 17.2 Å². The van der Waals surface area contributed by atoms with E-state index in [-0.39, 0.29) is 16.3 Å². The van der Waals surface area contributed by atoms with Crippen LogP contribution in [0.25, 0.3) is 0 Å². The van der Waals surface area contributed by atoms with Gasteiger partial charge in [0.15, 0.2) is 0 Å². The first-order chi connectivity index (χ1) is 8.56. The number of nitrogens with two attached hydrogens (primary N) is 1. The Balaban J connectivity index is 2.18. The summed E-state index contributed by atoms with van der Waals surface area (Å²) in [4.78, 5) is 0.188. The molecule has 0 aromatic heterocycles. The number of hydrogen-bond acceptors (Lipinski definition) is 5. The summed E-state index contributed by atoms with van der Waals surface area (Å²) in [5.74, 6) is 0.926. The van der Waals surface area contributed by atoms with Crippen molar-refractivity contribution in [1.82, 2.24) is 0 Å². The summed E-state index contributed by atoms with van der Waals surface area (Å²) in [6.07, 6.45) is 0. The molecule has 2 rings (SSSR count). The van der Waals surface area contributed by atoms with Gasteiger partial charge in [0.05, 0.1) is 5.69 Å². The lowest BCUT2D eigenvalue weighted by molar-refractivity contribution is 0.466. The predicted octanol–water partition coefficient (Wildman–Crippen LogP) is 2.00. The SMILES string of the molecule is Nc1cc(Oc2ccc(S(=O)[O-])cc2)ccc1O. The van der Waals surface area contributed by atoms with Gasteiger partial charge in [-0.3, -0.25) is 4.21 Å². The summed E-state index contributed by atoms with van der Waals surface area (Å²) in [5.41, 5.74) is 5.74. The van der Waals surface area contributed by atoms with Crippen LogP contribution in [0.4, 0.5) is 5.69 Å². The molecule has 0 aliphatic rings. The van der Waals surface area contributed by atoms with Crippen molar-refractivity contribution in [3.05, 3.63) is 42.5 Å². The molecule has 0 saturated heterocycles. The van der Waals surface area contributed by atoms with Crippen LogP contribution in [0, 0.1) is 0 Å². The van der Waals surface area contributed by atoms with Crippen molar-refractivity contribution in [2.24, 2.45) is 0 Å². The van der Waals surface area contributed by atoms with Gasteiger partial charge in [-0.1, -0.05) is 0 Å². The zero-order valence-electron chi connectivity index (χ0n) is 9.20. The number of hydrogen-bond donors (Lipinski definition) is 2. The highest BCUT2D eigenvalue weighted by Crippen LogP contribution is 2.28. The third-order valence-electron chi connectivity index (χ3n) is 2.25. The van der Waals surface area contributed by atoms with E-state index in [0.717, 1.165) is 0 Å². The summed E-state index contributed by atoms with van der Waals surface area (Å²) in [6.45, 7) is 0. The molecule has 1 unspecified atom stereocenters. The second-order valence-electron chi connectivity index (χ2n) is 3.53. The molecule has 0 heterocycles. The van der Waals surface area contributed by atoms with Gasteiger partial charge in [0.25, 0.3) is 0 Å². The molecule has 2 aromatic carbocycles. The van der Waals surface area contributed by atoms with E-state index in [0.29, 0.717) is 11.5 Å². The van der Waals surface area contributed by atoms with E-state index in [2.05, 4.69) is 0 Å². The Morgan fingerprint density at radius 2 is 1.72 bits per heavy atom. The molecule has 0 radical (unpaired) electrons. The van der Waals surface area contributed by atoms with Gasteiger partial charge >= 0.3 is 0 Å². The Morgan fingerprint density at radius 1 is 1.11 bits per heavy atom. The standard InChI is InChI=1S/C12H11NO4S/c13-11-7-9(3-6-12(11)14)17-8-1-4-10(5-2-8)18(15)16/h1-7,14H,13H2,(H,15,16)/p-1. The van der Waals surface area contributed by atoms with Crippen LogP contribution >= 0.6 is 0 Å². The van der Waals surface area contributed by atoms with Gasteiger partial charge in [-0.15, -0.1) is 0 Å². The van der Waals surface area contributed by atoms with Crippen LogP contribution < -0.4 is 10.5 Å². The van der Waals surface area contributed by atoms with Crippen LogP contribution in [0.15, 0.2) is 47.4 Å². The van der Waals surface area contributed by atoms with Crippen molar-refractivity contribution in [2.75, 3.05) is 5.73 Å². The van der Waals surface area contributed by atoms with Gasteiger partial charge < -0.3 is 20.1 Å². The maximum atomic E-state index is 10.7. The fourth-order valence-electron chi connectivity index (χ4n) is 1.35. The summed E-state index contributed by atoms with van der Waals surface area (Å²) in [5, 5.41) is 9.26. The lowest BCUT2D eigenvalue weighted by atomic mass is 10.3.